The van der Waals surface area contributed by atoms with Gasteiger partial charge in [0.2, 0.25) is 0 Å². The minimum atomic E-state index is -0.351. The first-order valence-corrected chi connectivity index (χ1v) is 9.12. The van der Waals surface area contributed by atoms with Crippen LogP contribution < -0.4 is 4.74 Å². The number of para-hydroxylation sites is 1. The molecule has 138 valence electrons. The van der Waals surface area contributed by atoms with E-state index in [9.17, 15) is 9.59 Å². The summed E-state index contributed by atoms with van der Waals surface area (Å²) in [5.74, 6) is 0.853. The van der Waals surface area contributed by atoms with Gasteiger partial charge in [-0.3, -0.25) is 9.59 Å². The Kier molecular flexibility index (Phi) is 7.87. The SMILES string of the molecule is CCCC(CC(=O)Cc1cccc(Oc2ccccc2)c1)C(=O)OCC. The molecule has 0 bridgehead atoms. The summed E-state index contributed by atoms with van der Waals surface area (Å²) >= 11 is 0. The fourth-order valence-corrected chi connectivity index (χ4v) is 2.83. The van der Waals surface area contributed by atoms with Crippen molar-refractivity contribution in [1.82, 2.24) is 0 Å². The Morgan fingerprint density at radius 1 is 0.962 bits per heavy atom. The van der Waals surface area contributed by atoms with Gasteiger partial charge in [0, 0.05) is 12.8 Å². The number of ether oxygens (including phenoxy) is 2. The molecular weight excluding hydrogens is 328 g/mol. The van der Waals surface area contributed by atoms with Crippen molar-refractivity contribution in [3.05, 3.63) is 60.2 Å². The van der Waals surface area contributed by atoms with Gasteiger partial charge in [0.15, 0.2) is 0 Å². The molecule has 1 unspecified atom stereocenters. The smallest absolute Gasteiger partial charge is 0.309 e. The van der Waals surface area contributed by atoms with Crippen molar-refractivity contribution >= 4 is 11.8 Å². The number of carbonyl (C=O) groups excluding carboxylic acids is 2. The zero-order valence-electron chi connectivity index (χ0n) is 15.4. The number of hydrogen-bond donors (Lipinski definition) is 0. The molecule has 2 aromatic rings. The van der Waals surface area contributed by atoms with Crippen molar-refractivity contribution in [3.8, 4) is 11.5 Å². The second-order valence-corrected chi connectivity index (χ2v) is 6.22. The summed E-state index contributed by atoms with van der Waals surface area (Å²) in [5, 5.41) is 0. The molecular formula is C22H26O4. The van der Waals surface area contributed by atoms with Gasteiger partial charge in [-0.2, -0.15) is 0 Å². The summed E-state index contributed by atoms with van der Waals surface area (Å²) in [6, 6.07) is 17.0. The molecule has 0 aromatic heterocycles. The molecule has 0 saturated heterocycles. The minimum absolute atomic E-state index is 0.0355. The van der Waals surface area contributed by atoms with Crippen molar-refractivity contribution in [2.45, 2.75) is 39.5 Å². The Hall–Kier alpha value is -2.62. The molecule has 0 aliphatic carbocycles. The fourth-order valence-electron chi connectivity index (χ4n) is 2.83. The predicted octanol–water partition coefficient (Wildman–Crippen LogP) is 4.96. The summed E-state index contributed by atoms with van der Waals surface area (Å²) in [6.07, 6.45) is 2.01. The van der Waals surface area contributed by atoms with Crippen LogP contribution in [0.1, 0.15) is 38.7 Å². The average Bonchev–Trinajstić information content (AvgIpc) is 2.62. The van der Waals surface area contributed by atoms with Gasteiger partial charge in [0.05, 0.1) is 12.5 Å². The van der Waals surface area contributed by atoms with E-state index in [1.165, 1.54) is 0 Å². The van der Waals surface area contributed by atoms with Crippen LogP contribution in [-0.4, -0.2) is 18.4 Å². The van der Waals surface area contributed by atoms with Crippen molar-refractivity contribution in [2.24, 2.45) is 5.92 Å². The first-order valence-electron chi connectivity index (χ1n) is 9.12. The van der Waals surface area contributed by atoms with Crippen molar-refractivity contribution in [2.75, 3.05) is 6.61 Å². The van der Waals surface area contributed by atoms with Crippen LogP contribution in [0.5, 0.6) is 11.5 Å². The van der Waals surface area contributed by atoms with Crippen molar-refractivity contribution in [1.29, 1.82) is 0 Å². The Bertz CT molecular complexity index is 709. The minimum Gasteiger partial charge on any atom is -0.466 e. The van der Waals surface area contributed by atoms with Gasteiger partial charge in [-0.15, -0.1) is 0 Å². The molecule has 0 aliphatic heterocycles. The number of hydrogen-bond acceptors (Lipinski definition) is 4. The van der Waals surface area contributed by atoms with Crippen LogP contribution in [0.15, 0.2) is 54.6 Å². The molecule has 2 rings (SSSR count). The van der Waals surface area contributed by atoms with Gasteiger partial charge in [-0.05, 0) is 43.2 Å². The normalized spacial score (nSPS) is 11.6. The molecule has 0 heterocycles. The van der Waals surface area contributed by atoms with Crippen LogP contribution in [0.3, 0.4) is 0 Å². The van der Waals surface area contributed by atoms with E-state index < -0.39 is 0 Å². The first kappa shape index (κ1) is 19.7. The van der Waals surface area contributed by atoms with E-state index in [4.69, 9.17) is 9.47 Å². The molecule has 0 N–H and O–H groups in total. The molecule has 26 heavy (non-hydrogen) atoms. The molecule has 2 aromatic carbocycles. The quantitative estimate of drug-likeness (QED) is 0.566. The van der Waals surface area contributed by atoms with E-state index in [1.54, 1.807) is 6.92 Å². The maximum absolute atomic E-state index is 12.4. The predicted molar refractivity (Wildman–Crippen MR) is 101 cm³/mol. The van der Waals surface area contributed by atoms with E-state index in [0.717, 1.165) is 17.7 Å². The second kappa shape index (κ2) is 10.4. The van der Waals surface area contributed by atoms with E-state index in [0.29, 0.717) is 18.8 Å². The maximum Gasteiger partial charge on any atom is 0.309 e. The number of ketones is 1. The van der Waals surface area contributed by atoms with Crippen LogP contribution in [0, 0.1) is 5.92 Å². The Morgan fingerprint density at radius 3 is 2.38 bits per heavy atom. The Labute approximate surface area is 155 Å². The molecule has 0 saturated carbocycles. The number of rotatable bonds is 10. The number of esters is 1. The van der Waals surface area contributed by atoms with Gasteiger partial charge >= 0.3 is 5.97 Å². The Morgan fingerprint density at radius 2 is 1.69 bits per heavy atom. The lowest BCUT2D eigenvalue weighted by atomic mass is 9.94. The summed E-state index contributed by atoms with van der Waals surface area (Å²) in [7, 11) is 0. The standard InChI is InChI=1S/C22H26O4/c1-3-9-18(22(24)25-4-2)16-19(23)14-17-10-8-13-21(15-17)26-20-11-6-5-7-12-20/h5-8,10-13,15,18H,3-4,9,14,16H2,1-2H3. The first-order chi connectivity index (χ1) is 12.6. The number of carbonyl (C=O) groups is 2. The third-order valence-electron chi connectivity index (χ3n) is 4.01. The lowest BCUT2D eigenvalue weighted by Gasteiger charge is -2.14. The molecule has 0 radical (unpaired) electrons. The molecule has 0 spiro atoms. The summed E-state index contributed by atoms with van der Waals surface area (Å²) < 4.78 is 10.9. The highest BCUT2D eigenvalue weighted by Crippen LogP contribution is 2.23. The summed E-state index contributed by atoms with van der Waals surface area (Å²) in [4.78, 5) is 24.4. The largest absolute Gasteiger partial charge is 0.466 e. The third-order valence-corrected chi connectivity index (χ3v) is 4.01. The highest BCUT2D eigenvalue weighted by atomic mass is 16.5. The zero-order chi connectivity index (χ0) is 18.8. The van der Waals surface area contributed by atoms with Gasteiger partial charge in [-0.25, -0.2) is 0 Å². The van der Waals surface area contributed by atoms with E-state index in [1.807, 2.05) is 61.5 Å². The molecule has 0 aliphatic rings. The molecule has 1 atom stereocenters. The van der Waals surface area contributed by atoms with Crippen LogP contribution in [0.2, 0.25) is 0 Å². The summed E-state index contributed by atoms with van der Waals surface area (Å²) in [6.45, 7) is 4.12. The second-order valence-electron chi connectivity index (χ2n) is 6.22. The highest BCUT2D eigenvalue weighted by molar-refractivity contribution is 5.86. The van der Waals surface area contributed by atoms with Gasteiger partial charge in [-0.1, -0.05) is 43.7 Å². The molecule has 0 amide bonds. The molecule has 4 heteroatoms. The number of benzene rings is 2. The highest BCUT2D eigenvalue weighted by Gasteiger charge is 2.22. The summed E-state index contributed by atoms with van der Waals surface area (Å²) in [5.41, 5.74) is 0.877. The van der Waals surface area contributed by atoms with E-state index >= 15 is 0 Å². The van der Waals surface area contributed by atoms with Crippen LogP contribution in [0.4, 0.5) is 0 Å². The van der Waals surface area contributed by atoms with Crippen LogP contribution >= 0.6 is 0 Å². The average molecular weight is 354 g/mol. The van der Waals surface area contributed by atoms with E-state index in [-0.39, 0.29) is 30.5 Å². The topological polar surface area (TPSA) is 52.6 Å². The van der Waals surface area contributed by atoms with Gasteiger partial charge in [0.1, 0.15) is 17.3 Å². The fraction of sp³-hybridized carbons (Fsp3) is 0.364. The molecule has 0 fully saturated rings. The van der Waals surface area contributed by atoms with Gasteiger partial charge < -0.3 is 9.47 Å². The van der Waals surface area contributed by atoms with Crippen molar-refractivity contribution in [3.63, 3.8) is 0 Å². The van der Waals surface area contributed by atoms with Crippen LogP contribution in [-0.2, 0) is 20.7 Å². The third kappa shape index (κ3) is 6.36. The number of Topliss-reactive ketones (excluding diaryl/α,β-unsaturated/α-hetero) is 1. The monoisotopic (exact) mass is 354 g/mol. The Balaban J connectivity index is 1.97. The lowest BCUT2D eigenvalue weighted by molar-refractivity contribution is -0.149. The van der Waals surface area contributed by atoms with Gasteiger partial charge in [0.25, 0.3) is 0 Å². The van der Waals surface area contributed by atoms with E-state index in [2.05, 4.69) is 0 Å². The molecule has 4 nitrogen and oxygen atoms in total. The van der Waals surface area contributed by atoms with Crippen LogP contribution in [0.25, 0.3) is 0 Å². The maximum atomic E-state index is 12.4. The van der Waals surface area contributed by atoms with Crippen molar-refractivity contribution < 1.29 is 19.1 Å². The lowest BCUT2D eigenvalue weighted by Crippen LogP contribution is -2.21. The zero-order valence-corrected chi connectivity index (χ0v) is 15.4.